The first-order valence-corrected chi connectivity index (χ1v) is 12.6. The smallest absolute Gasteiger partial charge is 0.132 e. The van der Waals surface area contributed by atoms with Crippen LogP contribution in [0.4, 0.5) is 0 Å². The number of nitrogens with two attached hydrogens (primary N) is 1. The normalized spacial score (nSPS) is 24.9. The molecule has 0 saturated heterocycles. The minimum atomic E-state index is -0.255. The molecule has 2 rings (SSSR count). The summed E-state index contributed by atoms with van der Waals surface area (Å²) in [5.41, 5.74) is 9.66. The summed E-state index contributed by atoms with van der Waals surface area (Å²) in [6, 6.07) is 10.4. The van der Waals surface area contributed by atoms with Crippen LogP contribution in [-0.2, 0) is 11.2 Å². The van der Waals surface area contributed by atoms with Crippen LogP contribution in [0, 0.1) is 23.7 Å². The van der Waals surface area contributed by atoms with E-state index in [1.165, 1.54) is 43.2 Å². The van der Waals surface area contributed by atoms with Gasteiger partial charge in [0.2, 0.25) is 0 Å². The predicted molar refractivity (Wildman–Crippen MR) is 141 cm³/mol. The number of carbonyl (C=O) groups excluding carboxylic acids is 1. The molecule has 1 aliphatic carbocycles. The minimum Gasteiger partial charge on any atom is -0.322 e. The lowest BCUT2D eigenvalue weighted by molar-refractivity contribution is -0.122. The van der Waals surface area contributed by atoms with Crippen molar-refractivity contribution in [2.75, 3.05) is 0 Å². The second-order valence-electron chi connectivity index (χ2n) is 10.8. The molecule has 0 aromatic heterocycles. The highest BCUT2D eigenvalue weighted by atomic mass is 16.1. The van der Waals surface area contributed by atoms with Crippen molar-refractivity contribution >= 4 is 5.78 Å². The van der Waals surface area contributed by atoms with Gasteiger partial charge in [0.15, 0.2) is 0 Å². The third kappa shape index (κ3) is 10.8. The van der Waals surface area contributed by atoms with Crippen LogP contribution in [0.1, 0.15) is 92.6 Å². The summed E-state index contributed by atoms with van der Waals surface area (Å²) in [6.45, 7) is 18.9. The number of Topliss-reactive ketones (excluding diaryl/α,β-unsaturated/α-hetero) is 1. The van der Waals surface area contributed by atoms with Gasteiger partial charge >= 0.3 is 0 Å². The van der Waals surface area contributed by atoms with E-state index in [4.69, 9.17) is 5.73 Å². The maximum absolute atomic E-state index is 11.7. The molecule has 1 aromatic rings. The number of carbonyl (C=O) groups is 1. The molecule has 180 valence electrons. The first-order chi connectivity index (χ1) is 14.9. The number of benzene rings is 1. The Hall–Kier alpha value is -1.67. The Balaban J connectivity index is 0.000000330. The van der Waals surface area contributed by atoms with Gasteiger partial charge in [-0.3, -0.25) is 4.79 Å². The van der Waals surface area contributed by atoms with Gasteiger partial charge in [-0.1, -0.05) is 74.9 Å². The maximum Gasteiger partial charge on any atom is 0.132 e. The van der Waals surface area contributed by atoms with E-state index < -0.39 is 0 Å². The fraction of sp³-hybridized carbons (Fsp3) is 0.633. The van der Waals surface area contributed by atoms with Crippen LogP contribution in [0.15, 0.2) is 54.1 Å². The van der Waals surface area contributed by atoms with Gasteiger partial charge in [0.05, 0.1) is 0 Å². The lowest BCUT2D eigenvalue weighted by Crippen LogP contribution is -2.34. The van der Waals surface area contributed by atoms with Gasteiger partial charge in [0, 0.05) is 11.5 Å². The number of rotatable bonds is 6. The topological polar surface area (TPSA) is 43.1 Å². The quantitative estimate of drug-likeness (QED) is 0.457. The van der Waals surface area contributed by atoms with Gasteiger partial charge in [-0.2, -0.15) is 0 Å². The van der Waals surface area contributed by atoms with Gasteiger partial charge in [0.25, 0.3) is 0 Å². The molecule has 0 radical (unpaired) electrons. The van der Waals surface area contributed by atoms with Crippen LogP contribution < -0.4 is 5.73 Å². The second kappa shape index (κ2) is 13.8. The number of hydrogen-bond donors (Lipinski definition) is 1. The molecule has 3 unspecified atom stereocenters. The summed E-state index contributed by atoms with van der Waals surface area (Å²) in [5, 5.41) is 0. The van der Waals surface area contributed by atoms with E-state index in [-0.39, 0.29) is 11.5 Å². The average molecular weight is 440 g/mol. The Morgan fingerprint density at radius 3 is 2.34 bits per heavy atom. The molecule has 0 spiro atoms. The SMILES string of the molecule is C=C(CCc1ccccc1)C(C)(C)N.CC(=O)[C@@H](C)C1CC/C(C)=C/CCC(C)C(C)C1. The van der Waals surface area contributed by atoms with Gasteiger partial charge in [-0.15, -0.1) is 0 Å². The van der Waals surface area contributed by atoms with Crippen molar-refractivity contribution in [3.05, 3.63) is 59.7 Å². The van der Waals surface area contributed by atoms with E-state index in [1.54, 1.807) is 6.92 Å². The number of allylic oxidation sites excluding steroid dienone is 2. The summed E-state index contributed by atoms with van der Waals surface area (Å²) in [6.07, 6.45) is 10.5. The zero-order valence-corrected chi connectivity index (χ0v) is 21.9. The lowest BCUT2D eigenvalue weighted by atomic mass is 9.76. The van der Waals surface area contributed by atoms with Crippen LogP contribution in [-0.4, -0.2) is 11.3 Å². The molecular weight excluding hydrogens is 390 g/mol. The van der Waals surface area contributed by atoms with Crippen molar-refractivity contribution in [1.29, 1.82) is 0 Å². The molecule has 32 heavy (non-hydrogen) atoms. The standard InChI is InChI=1S/C17H30O.C13H19N/c1-12-7-6-8-13(2)14(3)11-17(10-9-12)15(4)16(5)18;1-11(13(2,3)14)9-10-12-7-5-4-6-8-12/h7,13-15,17H,6,8-11H2,1-5H3;4-8H,1,9-10,14H2,2-3H3/b12-7+;/t13?,14?,15-,17?;/m1./s1. The fourth-order valence-corrected chi connectivity index (χ4v) is 4.27. The highest BCUT2D eigenvalue weighted by molar-refractivity contribution is 5.78. The summed E-state index contributed by atoms with van der Waals surface area (Å²) < 4.78 is 0. The molecule has 0 fully saturated rings. The van der Waals surface area contributed by atoms with Gasteiger partial charge in [-0.05, 0) is 96.0 Å². The van der Waals surface area contributed by atoms with Crippen LogP contribution in [0.5, 0.6) is 0 Å². The number of aryl methyl sites for hydroxylation is 1. The zero-order valence-electron chi connectivity index (χ0n) is 21.9. The fourth-order valence-electron chi connectivity index (χ4n) is 4.27. The average Bonchev–Trinajstić information content (AvgIpc) is 2.74. The van der Waals surface area contributed by atoms with E-state index in [0.29, 0.717) is 11.7 Å². The Labute approximate surface area is 198 Å². The Morgan fingerprint density at radius 1 is 1.16 bits per heavy atom. The van der Waals surface area contributed by atoms with Crippen molar-refractivity contribution in [3.63, 3.8) is 0 Å². The van der Waals surface area contributed by atoms with Crippen molar-refractivity contribution in [3.8, 4) is 0 Å². The summed E-state index contributed by atoms with van der Waals surface area (Å²) in [7, 11) is 0. The first kappa shape index (κ1) is 28.4. The van der Waals surface area contributed by atoms with E-state index in [0.717, 1.165) is 30.3 Å². The predicted octanol–water partition coefficient (Wildman–Crippen LogP) is 7.92. The molecule has 0 bridgehead atoms. The van der Waals surface area contributed by atoms with E-state index in [2.05, 4.69) is 64.6 Å². The molecule has 0 aliphatic heterocycles. The van der Waals surface area contributed by atoms with Crippen molar-refractivity contribution in [1.82, 2.24) is 0 Å². The maximum atomic E-state index is 11.7. The summed E-state index contributed by atoms with van der Waals surface area (Å²) >= 11 is 0. The highest BCUT2D eigenvalue weighted by Gasteiger charge is 2.25. The van der Waals surface area contributed by atoms with Crippen LogP contribution in [0.3, 0.4) is 0 Å². The van der Waals surface area contributed by atoms with Crippen LogP contribution in [0.25, 0.3) is 0 Å². The first-order valence-electron chi connectivity index (χ1n) is 12.6. The van der Waals surface area contributed by atoms with Gasteiger partial charge in [0.1, 0.15) is 5.78 Å². The second-order valence-corrected chi connectivity index (χ2v) is 10.8. The van der Waals surface area contributed by atoms with Crippen molar-refractivity contribution in [2.24, 2.45) is 29.4 Å². The van der Waals surface area contributed by atoms with E-state index in [9.17, 15) is 4.79 Å². The summed E-state index contributed by atoms with van der Waals surface area (Å²) in [4.78, 5) is 11.7. The monoisotopic (exact) mass is 439 g/mol. The molecule has 1 aliphatic rings. The van der Waals surface area contributed by atoms with Gasteiger partial charge < -0.3 is 5.73 Å². The van der Waals surface area contributed by atoms with Crippen LogP contribution >= 0.6 is 0 Å². The third-order valence-electron chi connectivity index (χ3n) is 7.49. The highest BCUT2D eigenvalue weighted by Crippen LogP contribution is 2.33. The Kier molecular flexibility index (Phi) is 12.2. The Bertz CT molecular complexity index is 725. The van der Waals surface area contributed by atoms with Crippen LogP contribution in [0.2, 0.25) is 0 Å². The number of ketones is 1. The zero-order chi connectivity index (χ0) is 24.3. The molecule has 4 atom stereocenters. The van der Waals surface area contributed by atoms with Crippen molar-refractivity contribution in [2.45, 2.75) is 99.0 Å². The van der Waals surface area contributed by atoms with Gasteiger partial charge in [-0.25, -0.2) is 0 Å². The molecule has 2 N–H and O–H groups in total. The van der Waals surface area contributed by atoms with E-state index >= 15 is 0 Å². The van der Waals surface area contributed by atoms with Crippen molar-refractivity contribution < 1.29 is 4.79 Å². The Morgan fingerprint density at radius 2 is 1.78 bits per heavy atom. The minimum absolute atomic E-state index is 0.229. The molecular formula is C30H49NO. The summed E-state index contributed by atoms with van der Waals surface area (Å²) in [5.74, 6) is 2.67. The molecule has 2 nitrogen and oxygen atoms in total. The molecule has 0 saturated carbocycles. The number of hydrogen-bond acceptors (Lipinski definition) is 2. The van der Waals surface area contributed by atoms with E-state index in [1.807, 2.05) is 19.9 Å². The molecule has 0 heterocycles. The lowest BCUT2D eigenvalue weighted by Gasteiger charge is -2.29. The molecule has 1 aromatic carbocycles. The molecule has 0 amide bonds. The largest absolute Gasteiger partial charge is 0.322 e. The molecule has 2 heteroatoms. The third-order valence-corrected chi connectivity index (χ3v) is 7.49.